The Labute approximate surface area is 120 Å². The van der Waals surface area contributed by atoms with Crippen LogP contribution in [0.1, 0.15) is 21.5 Å². The highest BCUT2D eigenvalue weighted by Crippen LogP contribution is 2.25. The summed E-state index contributed by atoms with van der Waals surface area (Å²) < 4.78 is 0.804. The van der Waals surface area contributed by atoms with E-state index in [1.54, 1.807) is 18.2 Å². The first-order valence-corrected chi connectivity index (χ1v) is 6.64. The van der Waals surface area contributed by atoms with Crippen LogP contribution in [0.25, 0.3) is 0 Å². The quantitative estimate of drug-likeness (QED) is 0.878. The minimum Gasteiger partial charge on any atom is -0.507 e. The number of rotatable bonds is 2. The summed E-state index contributed by atoms with van der Waals surface area (Å²) in [6.07, 6.45) is 0. The fourth-order valence-electron chi connectivity index (χ4n) is 1.76. The Morgan fingerprint density at radius 1 is 1.11 bits per heavy atom. The summed E-state index contributed by atoms with van der Waals surface area (Å²) in [5.41, 5.74) is 2.90. The highest BCUT2D eigenvalue weighted by atomic mass is 79.9. The Morgan fingerprint density at radius 3 is 2.42 bits per heavy atom. The first kappa shape index (κ1) is 13.6. The van der Waals surface area contributed by atoms with Crippen molar-refractivity contribution in [2.75, 3.05) is 5.32 Å². The van der Waals surface area contributed by atoms with Crippen molar-refractivity contribution in [1.82, 2.24) is 0 Å². The Morgan fingerprint density at radius 2 is 1.74 bits per heavy atom. The molecule has 0 aliphatic rings. The number of phenolic OH excluding ortho intramolecular Hbond substituents is 1. The van der Waals surface area contributed by atoms with Gasteiger partial charge in [0.2, 0.25) is 0 Å². The van der Waals surface area contributed by atoms with Crippen LogP contribution in [0, 0.1) is 13.8 Å². The molecular weight excluding hydrogens is 306 g/mol. The molecule has 1 amide bonds. The number of hydrogen-bond acceptors (Lipinski definition) is 2. The molecule has 4 heteroatoms. The minimum atomic E-state index is -0.330. The van der Waals surface area contributed by atoms with E-state index in [9.17, 15) is 9.90 Å². The van der Waals surface area contributed by atoms with E-state index < -0.39 is 0 Å². The number of amides is 1. The van der Waals surface area contributed by atoms with Crippen molar-refractivity contribution in [1.29, 1.82) is 0 Å². The van der Waals surface area contributed by atoms with Crippen molar-refractivity contribution in [3.05, 3.63) is 57.6 Å². The molecule has 0 aliphatic carbocycles. The Bertz CT molecular complexity index is 638. The lowest BCUT2D eigenvalue weighted by molar-refractivity contribution is 0.102. The van der Waals surface area contributed by atoms with Gasteiger partial charge in [0.1, 0.15) is 5.75 Å². The van der Waals surface area contributed by atoms with Crippen LogP contribution in [0.3, 0.4) is 0 Å². The van der Waals surface area contributed by atoms with E-state index in [0.29, 0.717) is 5.69 Å². The molecule has 2 aromatic rings. The molecule has 2 N–H and O–H groups in total. The highest BCUT2D eigenvalue weighted by Gasteiger charge is 2.12. The third kappa shape index (κ3) is 3.15. The first-order valence-electron chi connectivity index (χ1n) is 5.84. The van der Waals surface area contributed by atoms with Gasteiger partial charge in [-0.25, -0.2) is 0 Å². The number of aryl methyl sites for hydroxylation is 2. The van der Waals surface area contributed by atoms with Gasteiger partial charge in [-0.2, -0.15) is 0 Å². The van der Waals surface area contributed by atoms with Gasteiger partial charge in [0, 0.05) is 4.47 Å². The van der Waals surface area contributed by atoms with Crippen LogP contribution in [0.4, 0.5) is 5.69 Å². The topological polar surface area (TPSA) is 49.3 Å². The van der Waals surface area contributed by atoms with Gasteiger partial charge in [-0.15, -0.1) is 0 Å². The van der Waals surface area contributed by atoms with Crippen LogP contribution in [0.2, 0.25) is 0 Å². The summed E-state index contributed by atoms with van der Waals surface area (Å²) >= 11 is 3.38. The second kappa shape index (κ2) is 5.45. The molecule has 98 valence electrons. The van der Waals surface area contributed by atoms with Crippen molar-refractivity contribution >= 4 is 27.5 Å². The average Bonchev–Trinajstić information content (AvgIpc) is 2.33. The zero-order valence-electron chi connectivity index (χ0n) is 10.7. The summed E-state index contributed by atoms with van der Waals surface area (Å²) in [7, 11) is 0. The number of carbonyl (C=O) groups excluding carboxylic acids is 1. The fourth-order valence-corrected chi connectivity index (χ4v) is 2.10. The molecule has 0 saturated carbocycles. The Balaban J connectivity index is 2.28. The number of benzene rings is 2. The number of anilines is 1. The van der Waals surface area contributed by atoms with Gasteiger partial charge in [-0.3, -0.25) is 4.79 Å². The van der Waals surface area contributed by atoms with Crippen molar-refractivity contribution in [2.45, 2.75) is 13.8 Å². The zero-order valence-corrected chi connectivity index (χ0v) is 12.3. The van der Waals surface area contributed by atoms with Crippen LogP contribution in [0.15, 0.2) is 40.9 Å². The molecule has 3 nitrogen and oxygen atoms in total. The van der Waals surface area contributed by atoms with Gasteiger partial charge in [-0.1, -0.05) is 12.1 Å². The molecule has 0 radical (unpaired) electrons. The molecule has 0 fully saturated rings. The first-order chi connectivity index (χ1) is 8.97. The number of nitrogens with one attached hydrogen (secondary N) is 1. The van der Waals surface area contributed by atoms with Crippen LogP contribution in [0.5, 0.6) is 5.75 Å². The van der Waals surface area contributed by atoms with E-state index in [-0.39, 0.29) is 17.2 Å². The fraction of sp³-hybridized carbons (Fsp3) is 0.133. The maximum atomic E-state index is 12.1. The van der Waals surface area contributed by atoms with Crippen molar-refractivity contribution in [2.24, 2.45) is 0 Å². The van der Waals surface area contributed by atoms with Crippen molar-refractivity contribution in [3.63, 3.8) is 0 Å². The molecular formula is C15H14BrNO2. The number of carbonyl (C=O) groups is 1. The van der Waals surface area contributed by atoms with Gasteiger partial charge in [0.25, 0.3) is 5.91 Å². The van der Waals surface area contributed by atoms with E-state index >= 15 is 0 Å². The SMILES string of the molecule is Cc1ccc(C(=O)Nc2cc(C)ccc2Br)c(O)c1. The molecule has 19 heavy (non-hydrogen) atoms. The van der Waals surface area contributed by atoms with Crippen LogP contribution < -0.4 is 5.32 Å². The van der Waals surface area contributed by atoms with Crippen LogP contribution >= 0.6 is 15.9 Å². The maximum absolute atomic E-state index is 12.1. The maximum Gasteiger partial charge on any atom is 0.259 e. The lowest BCUT2D eigenvalue weighted by Crippen LogP contribution is -2.12. The van der Waals surface area contributed by atoms with E-state index in [4.69, 9.17) is 0 Å². The third-order valence-corrected chi connectivity index (χ3v) is 3.46. The highest BCUT2D eigenvalue weighted by molar-refractivity contribution is 9.10. The molecule has 2 rings (SSSR count). The summed E-state index contributed by atoms with van der Waals surface area (Å²) in [5.74, 6) is -0.343. The lowest BCUT2D eigenvalue weighted by atomic mass is 10.1. The minimum absolute atomic E-state index is 0.0127. The van der Waals surface area contributed by atoms with E-state index in [1.807, 2.05) is 32.0 Å². The van der Waals surface area contributed by atoms with E-state index in [0.717, 1.165) is 15.6 Å². The van der Waals surface area contributed by atoms with Gasteiger partial charge >= 0.3 is 0 Å². The van der Waals surface area contributed by atoms with E-state index in [2.05, 4.69) is 21.2 Å². The van der Waals surface area contributed by atoms with Gasteiger partial charge in [0.05, 0.1) is 11.3 Å². The lowest BCUT2D eigenvalue weighted by Gasteiger charge is -2.09. The molecule has 0 unspecified atom stereocenters. The van der Waals surface area contributed by atoms with Crippen molar-refractivity contribution < 1.29 is 9.90 Å². The van der Waals surface area contributed by atoms with Gasteiger partial charge < -0.3 is 10.4 Å². The largest absolute Gasteiger partial charge is 0.507 e. The molecule has 0 spiro atoms. The Hall–Kier alpha value is -1.81. The zero-order chi connectivity index (χ0) is 14.0. The summed E-state index contributed by atoms with van der Waals surface area (Å²) in [5, 5.41) is 12.6. The molecule has 2 aromatic carbocycles. The van der Waals surface area contributed by atoms with Crippen LogP contribution in [-0.4, -0.2) is 11.0 Å². The average molecular weight is 320 g/mol. The summed E-state index contributed by atoms with van der Waals surface area (Å²) in [6, 6.07) is 10.7. The van der Waals surface area contributed by atoms with Gasteiger partial charge in [-0.05, 0) is 65.2 Å². The monoisotopic (exact) mass is 319 g/mol. The Kier molecular flexibility index (Phi) is 3.90. The molecule has 0 heterocycles. The molecule has 0 aromatic heterocycles. The summed E-state index contributed by atoms with van der Waals surface area (Å²) in [6.45, 7) is 3.81. The molecule has 0 atom stereocenters. The molecule has 0 saturated heterocycles. The second-order valence-electron chi connectivity index (χ2n) is 4.46. The number of hydrogen-bond donors (Lipinski definition) is 2. The third-order valence-electron chi connectivity index (χ3n) is 2.77. The normalized spacial score (nSPS) is 10.3. The molecule has 0 bridgehead atoms. The second-order valence-corrected chi connectivity index (χ2v) is 5.31. The van der Waals surface area contributed by atoms with Gasteiger partial charge in [0.15, 0.2) is 0 Å². The summed E-state index contributed by atoms with van der Waals surface area (Å²) in [4.78, 5) is 12.1. The van der Waals surface area contributed by atoms with E-state index in [1.165, 1.54) is 0 Å². The predicted molar refractivity (Wildman–Crippen MR) is 79.7 cm³/mol. The standard InChI is InChI=1S/C15H14BrNO2/c1-9-4-6-12(16)13(7-9)17-15(19)11-5-3-10(2)8-14(11)18/h3-8,18H,1-2H3,(H,17,19). The molecule has 0 aliphatic heterocycles. The van der Waals surface area contributed by atoms with Crippen LogP contribution in [-0.2, 0) is 0 Å². The predicted octanol–water partition coefficient (Wildman–Crippen LogP) is 4.02. The van der Waals surface area contributed by atoms with Crippen molar-refractivity contribution in [3.8, 4) is 5.75 Å². The number of halogens is 1. The number of aromatic hydroxyl groups is 1. The number of phenols is 1. The smallest absolute Gasteiger partial charge is 0.259 e.